The zero-order chi connectivity index (χ0) is 10.7. The fourth-order valence-corrected chi connectivity index (χ4v) is 1.76. The summed E-state index contributed by atoms with van der Waals surface area (Å²) in [5.74, 6) is 1.60. The molecule has 1 nitrogen and oxygen atoms in total. The molecule has 14 heavy (non-hydrogen) atoms. The fourth-order valence-electron chi connectivity index (χ4n) is 1.76. The van der Waals surface area contributed by atoms with Crippen molar-refractivity contribution in [2.24, 2.45) is 0 Å². The van der Waals surface area contributed by atoms with Crippen LogP contribution in [0.25, 0.3) is 0 Å². The normalized spacial score (nSPS) is 10.7. The molecular weight excluding hydrogens is 172 g/mol. The summed E-state index contributed by atoms with van der Waals surface area (Å²) < 4.78 is 5.68. The van der Waals surface area contributed by atoms with Gasteiger partial charge in [0.2, 0.25) is 0 Å². The van der Waals surface area contributed by atoms with Gasteiger partial charge in [-0.3, -0.25) is 0 Å². The molecule has 0 saturated carbocycles. The topological polar surface area (TPSA) is 9.23 Å². The summed E-state index contributed by atoms with van der Waals surface area (Å²) in [5, 5.41) is 0. The van der Waals surface area contributed by atoms with Crippen molar-refractivity contribution in [3.8, 4) is 5.75 Å². The Balaban J connectivity index is 3.21. The maximum Gasteiger partial charge on any atom is 0.125 e. The first kappa shape index (κ1) is 11.1. The molecule has 0 spiro atoms. The van der Waals surface area contributed by atoms with Gasteiger partial charge in [-0.2, -0.15) is 0 Å². The lowest BCUT2D eigenvalue weighted by Crippen LogP contribution is -2.01. The predicted molar refractivity (Wildman–Crippen MR) is 61.2 cm³/mol. The number of hydrogen-bond donors (Lipinski definition) is 0. The monoisotopic (exact) mass is 192 g/mol. The molecule has 0 fully saturated rings. The van der Waals surface area contributed by atoms with Crippen LogP contribution >= 0.6 is 0 Å². The Morgan fingerprint density at radius 3 is 2.36 bits per heavy atom. The molecule has 0 atom stereocenters. The van der Waals surface area contributed by atoms with Crippen LogP contribution in [0.4, 0.5) is 0 Å². The maximum absolute atomic E-state index is 5.68. The number of benzene rings is 1. The van der Waals surface area contributed by atoms with E-state index in [2.05, 4.69) is 39.8 Å². The standard InChI is InChI=1S/C13H20O/c1-6-14-13-11(5)7-10(4)8-12(13)9(2)3/h7-9H,6H2,1-5H3. The van der Waals surface area contributed by atoms with Gasteiger partial charge >= 0.3 is 0 Å². The van der Waals surface area contributed by atoms with Crippen molar-refractivity contribution in [2.45, 2.75) is 40.5 Å². The van der Waals surface area contributed by atoms with Crippen molar-refractivity contribution < 1.29 is 4.74 Å². The summed E-state index contributed by atoms with van der Waals surface area (Å²) in [6, 6.07) is 4.40. The van der Waals surface area contributed by atoms with Gasteiger partial charge in [-0.15, -0.1) is 0 Å². The molecule has 0 aromatic heterocycles. The molecule has 1 aromatic carbocycles. The Labute approximate surface area is 87.1 Å². The summed E-state index contributed by atoms with van der Waals surface area (Å²) in [6.45, 7) is 11.4. The Morgan fingerprint density at radius 1 is 1.21 bits per heavy atom. The van der Waals surface area contributed by atoms with E-state index in [4.69, 9.17) is 4.74 Å². The molecule has 0 aliphatic carbocycles. The second kappa shape index (κ2) is 4.50. The first-order chi connectivity index (χ1) is 6.56. The second-order valence-electron chi connectivity index (χ2n) is 4.09. The number of aryl methyl sites for hydroxylation is 2. The third-order valence-corrected chi connectivity index (χ3v) is 2.36. The SMILES string of the molecule is CCOc1c(C)cc(C)cc1C(C)C. The highest BCUT2D eigenvalue weighted by Crippen LogP contribution is 2.31. The molecule has 0 heterocycles. The zero-order valence-electron chi connectivity index (χ0n) is 9.85. The van der Waals surface area contributed by atoms with Crippen LogP contribution in [0.3, 0.4) is 0 Å². The van der Waals surface area contributed by atoms with Crippen LogP contribution < -0.4 is 4.74 Å². The summed E-state index contributed by atoms with van der Waals surface area (Å²) >= 11 is 0. The Kier molecular flexibility index (Phi) is 3.56. The van der Waals surface area contributed by atoms with Gasteiger partial charge < -0.3 is 4.74 Å². The van der Waals surface area contributed by atoms with Crippen LogP contribution in [0.15, 0.2) is 12.1 Å². The van der Waals surface area contributed by atoms with Crippen molar-refractivity contribution in [3.05, 3.63) is 28.8 Å². The molecule has 1 rings (SSSR count). The largest absolute Gasteiger partial charge is 0.493 e. The second-order valence-corrected chi connectivity index (χ2v) is 4.09. The Morgan fingerprint density at radius 2 is 1.86 bits per heavy atom. The first-order valence-corrected chi connectivity index (χ1v) is 5.30. The molecule has 1 aromatic rings. The molecular formula is C13H20O. The highest BCUT2D eigenvalue weighted by atomic mass is 16.5. The van der Waals surface area contributed by atoms with E-state index in [0.29, 0.717) is 5.92 Å². The lowest BCUT2D eigenvalue weighted by molar-refractivity contribution is 0.332. The van der Waals surface area contributed by atoms with Gasteiger partial charge in [0, 0.05) is 0 Å². The average Bonchev–Trinajstić information content (AvgIpc) is 2.09. The lowest BCUT2D eigenvalue weighted by atomic mass is 9.97. The average molecular weight is 192 g/mol. The number of rotatable bonds is 3. The van der Waals surface area contributed by atoms with Crippen LogP contribution in [0.2, 0.25) is 0 Å². The minimum absolute atomic E-state index is 0.523. The third-order valence-electron chi connectivity index (χ3n) is 2.36. The number of ether oxygens (including phenoxy) is 1. The van der Waals surface area contributed by atoms with Crippen LogP contribution in [0.5, 0.6) is 5.75 Å². The van der Waals surface area contributed by atoms with E-state index in [1.54, 1.807) is 0 Å². The molecule has 0 aliphatic heterocycles. The minimum atomic E-state index is 0.523. The van der Waals surface area contributed by atoms with Gasteiger partial charge in [0.25, 0.3) is 0 Å². The first-order valence-electron chi connectivity index (χ1n) is 5.30. The maximum atomic E-state index is 5.68. The van der Waals surface area contributed by atoms with Gasteiger partial charge in [-0.1, -0.05) is 31.5 Å². The van der Waals surface area contributed by atoms with Gasteiger partial charge in [0.1, 0.15) is 5.75 Å². The van der Waals surface area contributed by atoms with Crippen LogP contribution in [0.1, 0.15) is 43.4 Å². The summed E-state index contributed by atoms with van der Waals surface area (Å²) in [7, 11) is 0. The molecule has 0 saturated heterocycles. The van der Waals surface area contributed by atoms with Gasteiger partial charge in [-0.05, 0) is 37.8 Å². The van der Waals surface area contributed by atoms with E-state index in [0.717, 1.165) is 12.4 Å². The Hall–Kier alpha value is -0.980. The molecule has 0 amide bonds. The number of hydrogen-bond acceptors (Lipinski definition) is 1. The molecule has 0 unspecified atom stereocenters. The Bertz CT molecular complexity index is 313. The zero-order valence-corrected chi connectivity index (χ0v) is 9.85. The predicted octanol–water partition coefficient (Wildman–Crippen LogP) is 3.83. The van der Waals surface area contributed by atoms with Crippen molar-refractivity contribution in [1.82, 2.24) is 0 Å². The van der Waals surface area contributed by atoms with Gasteiger partial charge in [-0.25, -0.2) is 0 Å². The summed E-state index contributed by atoms with van der Waals surface area (Å²) in [5.41, 5.74) is 3.88. The molecule has 0 radical (unpaired) electrons. The van der Waals surface area contributed by atoms with Crippen molar-refractivity contribution in [1.29, 1.82) is 0 Å². The quantitative estimate of drug-likeness (QED) is 0.707. The molecule has 0 bridgehead atoms. The highest BCUT2D eigenvalue weighted by Gasteiger charge is 2.10. The molecule has 0 aliphatic rings. The van der Waals surface area contributed by atoms with E-state index in [9.17, 15) is 0 Å². The van der Waals surface area contributed by atoms with Crippen LogP contribution in [-0.4, -0.2) is 6.61 Å². The van der Waals surface area contributed by atoms with E-state index in [1.165, 1.54) is 16.7 Å². The van der Waals surface area contributed by atoms with Crippen molar-refractivity contribution in [3.63, 3.8) is 0 Å². The molecule has 1 heteroatoms. The van der Waals surface area contributed by atoms with Crippen LogP contribution in [-0.2, 0) is 0 Å². The molecule has 0 N–H and O–H groups in total. The summed E-state index contributed by atoms with van der Waals surface area (Å²) in [6.07, 6.45) is 0. The molecule has 78 valence electrons. The van der Waals surface area contributed by atoms with E-state index < -0.39 is 0 Å². The lowest BCUT2D eigenvalue weighted by Gasteiger charge is -2.16. The third kappa shape index (κ3) is 2.28. The van der Waals surface area contributed by atoms with Crippen LogP contribution in [0, 0.1) is 13.8 Å². The minimum Gasteiger partial charge on any atom is -0.493 e. The van der Waals surface area contributed by atoms with Gasteiger partial charge in [0.15, 0.2) is 0 Å². The van der Waals surface area contributed by atoms with Crippen molar-refractivity contribution in [2.75, 3.05) is 6.61 Å². The van der Waals surface area contributed by atoms with Gasteiger partial charge in [0.05, 0.1) is 6.61 Å². The van der Waals surface area contributed by atoms with E-state index >= 15 is 0 Å². The van der Waals surface area contributed by atoms with Crippen molar-refractivity contribution >= 4 is 0 Å². The fraction of sp³-hybridized carbons (Fsp3) is 0.538. The van der Waals surface area contributed by atoms with E-state index in [-0.39, 0.29) is 0 Å². The smallest absolute Gasteiger partial charge is 0.125 e. The summed E-state index contributed by atoms with van der Waals surface area (Å²) in [4.78, 5) is 0. The highest BCUT2D eigenvalue weighted by molar-refractivity contribution is 5.45. The van der Waals surface area contributed by atoms with E-state index in [1.807, 2.05) is 6.92 Å².